The summed E-state index contributed by atoms with van der Waals surface area (Å²) in [5, 5.41) is 13.7. The maximum Gasteiger partial charge on any atom is 0.224 e. The molecule has 1 aliphatic rings. The van der Waals surface area contributed by atoms with Crippen LogP contribution in [0.1, 0.15) is 31.7 Å². The van der Waals surface area contributed by atoms with Gasteiger partial charge in [-0.3, -0.25) is 4.79 Å². The molecule has 0 unspecified atom stereocenters. The Morgan fingerprint density at radius 3 is 2.80 bits per heavy atom. The highest BCUT2D eigenvalue weighted by Gasteiger charge is 2.16. The summed E-state index contributed by atoms with van der Waals surface area (Å²) in [5.74, 6) is 0.0908. The Morgan fingerprint density at radius 2 is 2.04 bits per heavy atom. The molecule has 2 N–H and O–H groups in total. The van der Waals surface area contributed by atoms with Crippen molar-refractivity contribution in [1.29, 1.82) is 0 Å². The van der Waals surface area contributed by atoms with Crippen LogP contribution in [0.5, 0.6) is 0 Å². The van der Waals surface area contributed by atoms with Gasteiger partial charge in [0, 0.05) is 43.3 Å². The molecule has 0 radical (unpaired) electrons. The molecule has 1 amide bonds. The summed E-state index contributed by atoms with van der Waals surface area (Å²) >= 11 is 0. The van der Waals surface area contributed by atoms with Gasteiger partial charge in [0.25, 0.3) is 0 Å². The molecule has 1 aromatic heterocycles. The van der Waals surface area contributed by atoms with Crippen LogP contribution in [0.25, 0.3) is 10.9 Å². The predicted molar refractivity (Wildman–Crippen MR) is 101 cm³/mol. The molecule has 0 atom stereocenters. The van der Waals surface area contributed by atoms with Crippen molar-refractivity contribution < 1.29 is 9.90 Å². The average Bonchev–Trinajstić information content (AvgIpc) is 2.98. The van der Waals surface area contributed by atoms with Crippen molar-refractivity contribution in [3.05, 3.63) is 36.0 Å². The van der Waals surface area contributed by atoms with E-state index in [4.69, 9.17) is 0 Å². The molecule has 2 aromatic rings. The molecule has 0 saturated carbocycles. The van der Waals surface area contributed by atoms with Crippen molar-refractivity contribution in [3.8, 4) is 0 Å². The lowest BCUT2D eigenvalue weighted by Gasteiger charge is -2.29. The number of hydrogen-bond donors (Lipinski definition) is 2. The molecule has 5 nitrogen and oxygen atoms in total. The number of nitrogens with one attached hydrogen (secondary N) is 1. The number of aliphatic hydroxyl groups is 1. The number of carbonyl (C=O) groups is 1. The van der Waals surface area contributed by atoms with E-state index in [9.17, 15) is 9.90 Å². The topological polar surface area (TPSA) is 57.5 Å². The second kappa shape index (κ2) is 8.50. The number of nitrogens with zero attached hydrogens (tertiary/aromatic N) is 2. The van der Waals surface area contributed by atoms with E-state index in [-0.39, 0.29) is 12.0 Å². The number of carbonyl (C=O) groups excluding carboxylic acids is 1. The molecular weight excluding hydrogens is 314 g/mol. The second-order valence-corrected chi connectivity index (χ2v) is 6.91. The van der Waals surface area contributed by atoms with Gasteiger partial charge in [-0.05, 0) is 44.4 Å². The Kier molecular flexibility index (Phi) is 6.10. The first-order chi connectivity index (χ1) is 12.2. The van der Waals surface area contributed by atoms with E-state index in [0.717, 1.165) is 51.0 Å². The maximum absolute atomic E-state index is 12.3. The standard InChI is InChI=1S/C20H29N3O2/c1-2-23-15-16(18-6-3-4-7-19(18)23)14-20(25)21-10-5-11-22-12-8-17(24)9-13-22/h3-4,6-7,15,17,24H,2,5,8-14H2,1H3,(H,21,25). The number of fused-ring (bicyclic) bond motifs is 1. The smallest absolute Gasteiger partial charge is 0.224 e. The maximum atomic E-state index is 12.3. The number of benzene rings is 1. The number of amides is 1. The molecule has 1 aromatic carbocycles. The Balaban J connectivity index is 1.45. The third kappa shape index (κ3) is 4.61. The Labute approximate surface area is 149 Å². The van der Waals surface area contributed by atoms with E-state index < -0.39 is 0 Å². The largest absolute Gasteiger partial charge is 0.393 e. The van der Waals surface area contributed by atoms with Crippen molar-refractivity contribution in [2.45, 2.75) is 45.3 Å². The van der Waals surface area contributed by atoms with E-state index in [1.165, 1.54) is 10.9 Å². The highest BCUT2D eigenvalue weighted by atomic mass is 16.3. The van der Waals surface area contributed by atoms with Crippen LogP contribution < -0.4 is 5.32 Å². The molecule has 0 spiro atoms. The number of piperidine rings is 1. The van der Waals surface area contributed by atoms with Gasteiger partial charge >= 0.3 is 0 Å². The zero-order valence-corrected chi connectivity index (χ0v) is 15.1. The van der Waals surface area contributed by atoms with Crippen molar-refractivity contribution in [2.24, 2.45) is 0 Å². The van der Waals surface area contributed by atoms with Crippen LogP contribution in [0.4, 0.5) is 0 Å². The Morgan fingerprint density at radius 1 is 1.28 bits per heavy atom. The fraction of sp³-hybridized carbons (Fsp3) is 0.550. The Bertz CT molecular complexity index is 702. The van der Waals surface area contributed by atoms with E-state index >= 15 is 0 Å². The molecule has 1 fully saturated rings. The quantitative estimate of drug-likeness (QED) is 0.758. The molecule has 5 heteroatoms. The predicted octanol–water partition coefficient (Wildman–Crippen LogP) is 2.17. The molecule has 1 saturated heterocycles. The van der Waals surface area contributed by atoms with Crippen LogP contribution in [0, 0.1) is 0 Å². The van der Waals surface area contributed by atoms with E-state index in [2.05, 4.69) is 40.0 Å². The minimum Gasteiger partial charge on any atom is -0.393 e. The van der Waals surface area contributed by atoms with Crippen molar-refractivity contribution in [2.75, 3.05) is 26.2 Å². The van der Waals surface area contributed by atoms with Gasteiger partial charge in [0.15, 0.2) is 0 Å². The minimum atomic E-state index is -0.124. The highest BCUT2D eigenvalue weighted by molar-refractivity contribution is 5.89. The molecule has 136 valence electrons. The lowest BCUT2D eigenvalue weighted by Crippen LogP contribution is -2.37. The summed E-state index contributed by atoms with van der Waals surface area (Å²) in [6.07, 6.45) is 5.11. The third-order valence-electron chi connectivity index (χ3n) is 5.09. The van der Waals surface area contributed by atoms with Gasteiger partial charge in [0.2, 0.25) is 5.91 Å². The molecule has 0 aliphatic carbocycles. The number of hydrogen-bond acceptors (Lipinski definition) is 3. The fourth-order valence-electron chi connectivity index (χ4n) is 3.63. The zero-order valence-electron chi connectivity index (χ0n) is 15.1. The number of aromatic nitrogens is 1. The van der Waals surface area contributed by atoms with Gasteiger partial charge in [0.1, 0.15) is 0 Å². The van der Waals surface area contributed by atoms with Crippen molar-refractivity contribution in [3.63, 3.8) is 0 Å². The van der Waals surface area contributed by atoms with Crippen LogP contribution in [0.3, 0.4) is 0 Å². The Hall–Kier alpha value is -1.85. The summed E-state index contributed by atoms with van der Waals surface area (Å²) in [4.78, 5) is 14.6. The van der Waals surface area contributed by atoms with Gasteiger partial charge in [-0.2, -0.15) is 0 Å². The zero-order chi connectivity index (χ0) is 17.6. The van der Waals surface area contributed by atoms with Gasteiger partial charge in [0.05, 0.1) is 12.5 Å². The first-order valence-electron chi connectivity index (χ1n) is 9.41. The number of likely N-dealkylation sites (tertiary alicyclic amines) is 1. The summed E-state index contributed by atoms with van der Waals surface area (Å²) < 4.78 is 2.20. The minimum absolute atomic E-state index is 0.0908. The summed E-state index contributed by atoms with van der Waals surface area (Å²) in [6.45, 7) is 6.66. The normalized spacial score (nSPS) is 16.4. The van der Waals surface area contributed by atoms with Crippen LogP contribution in [-0.2, 0) is 17.8 Å². The SMILES string of the molecule is CCn1cc(CC(=O)NCCCN2CCC(O)CC2)c2ccccc21. The monoisotopic (exact) mass is 343 g/mol. The number of rotatable bonds is 7. The molecule has 2 heterocycles. The molecule has 1 aliphatic heterocycles. The van der Waals surface area contributed by atoms with Crippen LogP contribution in [0.2, 0.25) is 0 Å². The highest BCUT2D eigenvalue weighted by Crippen LogP contribution is 2.21. The lowest BCUT2D eigenvalue weighted by atomic mass is 10.1. The molecular formula is C20H29N3O2. The van der Waals surface area contributed by atoms with Crippen molar-refractivity contribution >= 4 is 16.8 Å². The number of aliphatic hydroxyl groups excluding tert-OH is 1. The average molecular weight is 343 g/mol. The van der Waals surface area contributed by atoms with Gasteiger partial charge in [-0.15, -0.1) is 0 Å². The van der Waals surface area contributed by atoms with E-state index in [1.807, 2.05) is 12.1 Å². The second-order valence-electron chi connectivity index (χ2n) is 6.91. The van der Waals surface area contributed by atoms with E-state index in [1.54, 1.807) is 0 Å². The summed E-state index contributed by atoms with van der Waals surface area (Å²) in [7, 11) is 0. The first kappa shape index (κ1) is 18.0. The van der Waals surface area contributed by atoms with E-state index in [0.29, 0.717) is 13.0 Å². The fourth-order valence-corrected chi connectivity index (χ4v) is 3.63. The number of aryl methyl sites for hydroxylation is 1. The summed E-state index contributed by atoms with van der Waals surface area (Å²) in [5.41, 5.74) is 2.29. The van der Waals surface area contributed by atoms with Gasteiger partial charge in [-0.25, -0.2) is 0 Å². The van der Waals surface area contributed by atoms with Gasteiger partial charge < -0.3 is 19.9 Å². The first-order valence-corrected chi connectivity index (χ1v) is 9.41. The van der Waals surface area contributed by atoms with Crippen LogP contribution in [0.15, 0.2) is 30.5 Å². The molecule has 25 heavy (non-hydrogen) atoms. The van der Waals surface area contributed by atoms with Gasteiger partial charge in [-0.1, -0.05) is 18.2 Å². The lowest BCUT2D eigenvalue weighted by molar-refractivity contribution is -0.120. The van der Waals surface area contributed by atoms with Crippen LogP contribution >= 0.6 is 0 Å². The summed E-state index contributed by atoms with van der Waals surface area (Å²) in [6, 6.07) is 8.27. The van der Waals surface area contributed by atoms with Crippen molar-refractivity contribution in [1.82, 2.24) is 14.8 Å². The molecule has 3 rings (SSSR count). The van der Waals surface area contributed by atoms with Crippen LogP contribution in [-0.4, -0.2) is 52.8 Å². The third-order valence-corrected chi connectivity index (χ3v) is 5.09. The number of para-hydroxylation sites is 1. The molecule has 0 bridgehead atoms.